The van der Waals surface area contributed by atoms with Gasteiger partial charge in [0.25, 0.3) is 0 Å². The Kier molecular flexibility index (Phi) is 4.95. The molecule has 1 aromatic heterocycles. The van der Waals surface area contributed by atoms with Crippen molar-refractivity contribution < 1.29 is 0 Å². The zero-order chi connectivity index (χ0) is 12.4. The second-order valence-electron chi connectivity index (χ2n) is 3.29. The highest BCUT2D eigenvalue weighted by Gasteiger charge is 2.06. The Labute approximate surface area is 134 Å². The molecule has 0 aliphatic heterocycles. The van der Waals surface area contributed by atoms with Crippen molar-refractivity contribution in [3.8, 4) is 0 Å². The topological polar surface area (TPSA) is 12.0 Å². The molecule has 0 saturated heterocycles. The smallest absolute Gasteiger partial charge is 0.0843 e. The van der Waals surface area contributed by atoms with E-state index >= 15 is 0 Å². The van der Waals surface area contributed by atoms with Crippen molar-refractivity contribution in [3.63, 3.8) is 0 Å². The Bertz CT molecular complexity index is 522. The fraction of sp³-hybridized carbons (Fsp3) is 0.0909. The minimum Gasteiger partial charge on any atom is -0.379 e. The highest BCUT2D eigenvalue weighted by molar-refractivity contribution is 9.13. The van der Waals surface area contributed by atoms with Crippen LogP contribution in [0.2, 0.25) is 5.02 Å². The number of anilines is 1. The summed E-state index contributed by atoms with van der Waals surface area (Å²) in [4.78, 5) is 1.25. The van der Waals surface area contributed by atoms with E-state index < -0.39 is 0 Å². The fourth-order valence-electron chi connectivity index (χ4n) is 1.30. The van der Waals surface area contributed by atoms with Gasteiger partial charge in [0.1, 0.15) is 0 Å². The first kappa shape index (κ1) is 13.9. The molecule has 0 unspecified atom stereocenters. The molecule has 1 heterocycles. The van der Waals surface area contributed by atoms with Crippen LogP contribution < -0.4 is 5.32 Å². The maximum atomic E-state index is 6.03. The average molecular weight is 460 g/mol. The van der Waals surface area contributed by atoms with Crippen molar-refractivity contribution in [3.05, 3.63) is 46.9 Å². The first-order valence-electron chi connectivity index (χ1n) is 4.69. The Balaban J connectivity index is 2.10. The highest BCUT2D eigenvalue weighted by Crippen LogP contribution is 2.34. The van der Waals surface area contributed by atoms with Crippen LogP contribution in [-0.2, 0) is 6.54 Å². The lowest BCUT2D eigenvalue weighted by Crippen LogP contribution is -1.98. The van der Waals surface area contributed by atoms with Gasteiger partial charge in [0.15, 0.2) is 0 Å². The van der Waals surface area contributed by atoms with Gasteiger partial charge in [-0.25, -0.2) is 0 Å². The monoisotopic (exact) mass is 457 g/mol. The van der Waals surface area contributed by atoms with Gasteiger partial charge in [0.2, 0.25) is 0 Å². The quantitative estimate of drug-likeness (QED) is 0.567. The summed E-state index contributed by atoms with van der Waals surface area (Å²) in [5.74, 6) is 0. The summed E-state index contributed by atoms with van der Waals surface area (Å²) in [7, 11) is 0. The molecule has 17 heavy (non-hydrogen) atoms. The van der Waals surface area contributed by atoms with Gasteiger partial charge >= 0.3 is 0 Å². The molecule has 2 aromatic rings. The van der Waals surface area contributed by atoms with Crippen LogP contribution in [0.1, 0.15) is 4.88 Å². The van der Waals surface area contributed by atoms with Crippen molar-refractivity contribution in [1.29, 1.82) is 0 Å². The van der Waals surface area contributed by atoms with Gasteiger partial charge in [-0.2, -0.15) is 0 Å². The third-order valence-electron chi connectivity index (χ3n) is 2.10. The average Bonchev–Trinajstić information content (AvgIpc) is 2.61. The van der Waals surface area contributed by atoms with E-state index in [9.17, 15) is 0 Å². The molecule has 90 valence electrons. The second kappa shape index (κ2) is 6.06. The number of hydrogen-bond donors (Lipinski definition) is 1. The van der Waals surface area contributed by atoms with E-state index in [0.717, 1.165) is 25.0 Å². The maximum absolute atomic E-state index is 6.03. The zero-order valence-electron chi connectivity index (χ0n) is 8.44. The summed E-state index contributed by atoms with van der Waals surface area (Å²) in [6.07, 6.45) is 0. The van der Waals surface area contributed by atoms with Gasteiger partial charge in [0, 0.05) is 15.9 Å². The summed E-state index contributed by atoms with van der Waals surface area (Å²) in [5.41, 5.74) is 0.998. The minimum atomic E-state index is 0.712. The fourth-order valence-corrected chi connectivity index (χ4v) is 4.00. The molecular formula is C11H7Br3ClNS. The highest BCUT2D eigenvalue weighted by atomic mass is 79.9. The molecule has 0 aliphatic rings. The van der Waals surface area contributed by atoms with Crippen molar-refractivity contribution in [1.82, 2.24) is 0 Å². The van der Waals surface area contributed by atoms with Crippen LogP contribution in [0.3, 0.4) is 0 Å². The largest absolute Gasteiger partial charge is 0.379 e. The lowest BCUT2D eigenvalue weighted by molar-refractivity contribution is 1.19. The molecule has 2 rings (SSSR count). The van der Waals surface area contributed by atoms with Gasteiger partial charge in [-0.05, 0) is 66.0 Å². The number of nitrogens with one attached hydrogen (secondary N) is 1. The maximum Gasteiger partial charge on any atom is 0.0843 e. The summed E-state index contributed by atoms with van der Waals surface area (Å²) in [6.45, 7) is 0.772. The van der Waals surface area contributed by atoms with Crippen LogP contribution in [0.25, 0.3) is 0 Å². The molecule has 0 saturated carbocycles. The molecule has 0 amide bonds. The molecule has 0 aliphatic carbocycles. The molecule has 0 fully saturated rings. The van der Waals surface area contributed by atoms with Crippen LogP contribution in [0.4, 0.5) is 5.69 Å². The standard InChI is InChI=1S/C11H7Br3ClNS/c12-7-4-6(17-11(7)14)5-16-9-3-1-2-8(15)10(9)13/h1-4,16H,5H2. The van der Waals surface area contributed by atoms with E-state index in [1.165, 1.54) is 4.88 Å². The van der Waals surface area contributed by atoms with E-state index in [2.05, 4.69) is 59.2 Å². The summed E-state index contributed by atoms with van der Waals surface area (Å²) >= 11 is 18.1. The third kappa shape index (κ3) is 3.47. The van der Waals surface area contributed by atoms with Crippen LogP contribution in [0.5, 0.6) is 0 Å². The van der Waals surface area contributed by atoms with Crippen LogP contribution in [0.15, 0.2) is 37.0 Å². The Hall–Kier alpha value is 0.450. The minimum absolute atomic E-state index is 0.712. The lowest BCUT2D eigenvalue weighted by atomic mass is 10.3. The van der Waals surface area contributed by atoms with Crippen LogP contribution in [0, 0.1) is 0 Å². The number of benzene rings is 1. The summed E-state index contributed by atoms with van der Waals surface area (Å²) < 4.78 is 3.10. The predicted molar refractivity (Wildman–Crippen MR) is 86.2 cm³/mol. The van der Waals surface area contributed by atoms with E-state index in [4.69, 9.17) is 11.6 Å². The molecule has 0 bridgehead atoms. The second-order valence-corrected chi connectivity index (χ2v) is 7.80. The van der Waals surface area contributed by atoms with Crippen molar-refractivity contribution in [2.45, 2.75) is 6.54 Å². The first-order chi connectivity index (χ1) is 8.08. The van der Waals surface area contributed by atoms with E-state index in [1.54, 1.807) is 11.3 Å². The van der Waals surface area contributed by atoms with Crippen LogP contribution >= 0.6 is 70.7 Å². The molecular weight excluding hydrogens is 453 g/mol. The van der Waals surface area contributed by atoms with Crippen molar-refractivity contribution in [2.24, 2.45) is 0 Å². The molecule has 1 nitrogen and oxygen atoms in total. The van der Waals surface area contributed by atoms with E-state index in [0.29, 0.717) is 5.02 Å². The number of thiophene rings is 1. The lowest BCUT2D eigenvalue weighted by Gasteiger charge is -2.08. The zero-order valence-corrected chi connectivity index (χ0v) is 14.8. The number of halogens is 4. The number of hydrogen-bond acceptors (Lipinski definition) is 2. The first-order valence-corrected chi connectivity index (χ1v) is 8.27. The Morgan fingerprint density at radius 1 is 1.24 bits per heavy atom. The van der Waals surface area contributed by atoms with Crippen molar-refractivity contribution >= 4 is 76.4 Å². The normalized spacial score (nSPS) is 10.6. The van der Waals surface area contributed by atoms with Gasteiger partial charge in [-0.3, -0.25) is 0 Å². The van der Waals surface area contributed by atoms with Gasteiger partial charge < -0.3 is 5.32 Å². The SMILES string of the molecule is Clc1cccc(NCc2cc(Br)c(Br)s2)c1Br. The van der Waals surface area contributed by atoms with E-state index in [1.807, 2.05) is 18.2 Å². The van der Waals surface area contributed by atoms with Crippen molar-refractivity contribution in [2.75, 3.05) is 5.32 Å². The molecule has 1 N–H and O–H groups in total. The molecule has 0 atom stereocenters. The molecule has 0 radical (unpaired) electrons. The Morgan fingerprint density at radius 2 is 2.00 bits per heavy atom. The van der Waals surface area contributed by atoms with Gasteiger partial charge in [-0.15, -0.1) is 11.3 Å². The summed E-state index contributed by atoms with van der Waals surface area (Å²) in [5, 5.41) is 4.06. The summed E-state index contributed by atoms with van der Waals surface area (Å²) in [6, 6.07) is 7.87. The van der Waals surface area contributed by atoms with E-state index in [-0.39, 0.29) is 0 Å². The van der Waals surface area contributed by atoms with Gasteiger partial charge in [-0.1, -0.05) is 17.7 Å². The Morgan fingerprint density at radius 3 is 2.65 bits per heavy atom. The molecule has 6 heteroatoms. The van der Waals surface area contributed by atoms with Crippen LogP contribution in [-0.4, -0.2) is 0 Å². The predicted octanol–water partition coefficient (Wildman–Crippen LogP) is 6.30. The molecule has 1 aromatic carbocycles. The van der Waals surface area contributed by atoms with Gasteiger partial charge in [0.05, 0.1) is 19.0 Å². The number of rotatable bonds is 3. The third-order valence-corrected chi connectivity index (χ3v) is 6.75. The molecule has 0 spiro atoms.